The van der Waals surface area contributed by atoms with E-state index in [2.05, 4.69) is 17.3 Å². The summed E-state index contributed by atoms with van der Waals surface area (Å²) in [6.45, 7) is 3.00. The van der Waals surface area contributed by atoms with Crippen molar-refractivity contribution in [2.75, 3.05) is 26.7 Å². The topological polar surface area (TPSA) is 58.4 Å². The van der Waals surface area contributed by atoms with Gasteiger partial charge in [-0.05, 0) is 38.4 Å². The lowest BCUT2D eigenvalue weighted by atomic mass is 10.1. The van der Waals surface area contributed by atoms with Crippen LogP contribution in [0.2, 0.25) is 0 Å². The highest BCUT2D eigenvalue weighted by Crippen LogP contribution is 2.24. The van der Waals surface area contributed by atoms with Crippen LogP contribution in [0.4, 0.5) is 5.69 Å². The van der Waals surface area contributed by atoms with Crippen LogP contribution in [0.3, 0.4) is 0 Å². The summed E-state index contributed by atoms with van der Waals surface area (Å²) in [6.07, 6.45) is 3.60. The smallest absolute Gasteiger partial charge is 0.269 e. The maximum atomic E-state index is 10.5. The number of benzene rings is 1. The largest absolute Gasteiger partial charge is 0.315 e. The molecule has 19 heavy (non-hydrogen) atoms. The van der Waals surface area contributed by atoms with E-state index in [1.54, 1.807) is 12.1 Å². The van der Waals surface area contributed by atoms with E-state index in [0.29, 0.717) is 0 Å². The van der Waals surface area contributed by atoms with Gasteiger partial charge in [0.1, 0.15) is 0 Å². The number of nitrogens with zero attached hydrogens (tertiary/aromatic N) is 2. The molecule has 0 bridgehead atoms. The summed E-state index contributed by atoms with van der Waals surface area (Å²) in [5.74, 6) is 0. The molecule has 1 aliphatic carbocycles. The molecular weight excluding hydrogens is 242 g/mol. The van der Waals surface area contributed by atoms with E-state index in [4.69, 9.17) is 0 Å². The molecule has 1 fully saturated rings. The second kappa shape index (κ2) is 6.63. The second-order valence-corrected chi connectivity index (χ2v) is 5.14. The third kappa shape index (κ3) is 4.61. The predicted molar refractivity (Wildman–Crippen MR) is 75.3 cm³/mol. The van der Waals surface area contributed by atoms with Crippen LogP contribution in [0.5, 0.6) is 0 Å². The molecule has 1 aromatic rings. The van der Waals surface area contributed by atoms with Gasteiger partial charge in [-0.15, -0.1) is 0 Å². The van der Waals surface area contributed by atoms with Crippen LogP contribution in [0, 0.1) is 10.1 Å². The SMILES string of the molecule is CN(CCNCCc1ccc([N+](=O)[O-])cc1)C1CC1. The molecule has 0 radical (unpaired) electrons. The van der Waals surface area contributed by atoms with Crippen molar-refractivity contribution in [3.05, 3.63) is 39.9 Å². The minimum Gasteiger partial charge on any atom is -0.315 e. The summed E-state index contributed by atoms with van der Waals surface area (Å²) in [5.41, 5.74) is 1.29. The Morgan fingerprint density at radius 2 is 2.00 bits per heavy atom. The van der Waals surface area contributed by atoms with Gasteiger partial charge in [0, 0.05) is 31.3 Å². The fourth-order valence-electron chi connectivity index (χ4n) is 2.10. The second-order valence-electron chi connectivity index (χ2n) is 5.14. The fourth-order valence-corrected chi connectivity index (χ4v) is 2.10. The molecule has 0 amide bonds. The number of nitrogens with one attached hydrogen (secondary N) is 1. The first kappa shape index (κ1) is 14.0. The lowest BCUT2D eigenvalue weighted by molar-refractivity contribution is -0.384. The minimum absolute atomic E-state index is 0.155. The molecule has 5 nitrogen and oxygen atoms in total. The van der Waals surface area contributed by atoms with Gasteiger partial charge >= 0.3 is 0 Å². The molecule has 1 aromatic carbocycles. The highest BCUT2D eigenvalue weighted by molar-refractivity contribution is 5.32. The molecule has 1 N–H and O–H groups in total. The molecule has 0 spiro atoms. The zero-order valence-electron chi connectivity index (χ0n) is 11.3. The molecule has 0 aromatic heterocycles. The Morgan fingerprint density at radius 1 is 1.32 bits per heavy atom. The van der Waals surface area contributed by atoms with Crippen LogP contribution in [-0.2, 0) is 6.42 Å². The lowest BCUT2D eigenvalue weighted by Gasteiger charge is -2.15. The Hall–Kier alpha value is -1.46. The monoisotopic (exact) mass is 263 g/mol. The summed E-state index contributed by atoms with van der Waals surface area (Å²) in [7, 11) is 2.18. The third-order valence-electron chi connectivity index (χ3n) is 3.55. The predicted octanol–water partition coefficient (Wildman–Crippen LogP) is 1.82. The van der Waals surface area contributed by atoms with Crippen molar-refractivity contribution in [2.24, 2.45) is 0 Å². The molecule has 0 unspecified atom stereocenters. The highest BCUT2D eigenvalue weighted by atomic mass is 16.6. The van der Waals surface area contributed by atoms with Crippen molar-refractivity contribution >= 4 is 5.69 Å². The number of rotatable bonds is 8. The fraction of sp³-hybridized carbons (Fsp3) is 0.571. The summed E-state index contributed by atoms with van der Waals surface area (Å²) < 4.78 is 0. The van der Waals surface area contributed by atoms with Crippen molar-refractivity contribution in [1.29, 1.82) is 0 Å². The summed E-state index contributed by atoms with van der Waals surface area (Å²) in [6, 6.07) is 7.61. The van der Waals surface area contributed by atoms with Gasteiger partial charge in [-0.25, -0.2) is 0 Å². The Balaban J connectivity index is 1.60. The molecule has 1 saturated carbocycles. The number of hydrogen-bond acceptors (Lipinski definition) is 4. The van der Waals surface area contributed by atoms with Gasteiger partial charge < -0.3 is 10.2 Å². The van der Waals surface area contributed by atoms with E-state index in [-0.39, 0.29) is 10.6 Å². The van der Waals surface area contributed by atoms with Crippen molar-refractivity contribution in [1.82, 2.24) is 10.2 Å². The number of non-ortho nitro benzene ring substituents is 1. The van der Waals surface area contributed by atoms with Gasteiger partial charge in [0.2, 0.25) is 0 Å². The van der Waals surface area contributed by atoms with E-state index < -0.39 is 0 Å². The van der Waals surface area contributed by atoms with Crippen molar-refractivity contribution in [2.45, 2.75) is 25.3 Å². The van der Waals surface area contributed by atoms with Crippen LogP contribution >= 0.6 is 0 Å². The third-order valence-corrected chi connectivity index (χ3v) is 3.55. The van der Waals surface area contributed by atoms with Crippen molar-refractivity contribution in [3.8, 4) is 0 Å². The number of hydrogen-bond donors (Lipinski definition) is 1. The summed E-state index contributed by atoms with van der Waals surface area (Å²) in [5, 5.41) is 13.9. The van der Waals surface area contributed by atoms with Gasteiger partial charge in [-0.3, -0.25) is 10.1 Å². The van der Waals surface area contributed by atoms with Crippen LogP contribution in [0.1, 0.15) is 18.4 Å². The normalized spacial score (nSPS) is 14.8. The first-order valence-corrected chi connectivity index (χ1v) is 6.81. The standard InChI is InChI=1S/C14H21N3O2/c1-16(13-6-7-13)11-10-15-9-8-12-2-4-14(5-3-12)17(18)19/h2-5,13,15H,6-11H2,1H3. The number of likely N-dealkylation sites (N-methyl/N-ethyl adjacent to an activating group) is 1. The van der Waals surface area contributed by atoms with E-state index in [0.717, 1.165) is 37.7 Å². The van der Waals surface area contributed by atoms with Gasteiger partial charge in [0.15, 0.2) is 0 Å². The highest BCUT2D eigenvalue weighted by Gasteiger charge is 2.25. The molecule has 0 heterocycles. The van der Waals surface area contributed by atoms with Crippen LogP contribution in [0.25, 0.3) is 0 Å². The first-order valence-electron chi connectivity index (χ1n) is 6.81. The Bertz CT molecular complexity index is 415. The van der Waals surface area contributed by atoms with E-state index in [1.165, 1.54) is 12.8 Å². The van der Waals surface area contributed by atoms with Gasteiger partial charge in [0.05, 0.1) is 4.92 Å². The van der Waals surface area contributed by atoms with Crippen molar-refractivity contribution < 1.29 is 4.92 Å². The number of nitro benzene ring substituents is 1. The average molecular weight is 263 g/mol. The van der Waals surface area contributed by atoms with E-state index in [1.807, 2.05) is 12.1 Å². The van der Waals surface area contributed by atoms with E-state index >= 15 is 0 Å². The molecule has 0 atom stereocenters. The lowest BCUT2D eigenvalue weighted by Crippen LogP contribution is -2.31. The Labute approximate surface area is 113 Å². The number of nitro groups is 1. The van der Waals surface area contributed by atoms with Crippen LogP contribution in [0.15, 0.2) is 24.3 Å². The maximum Gasteiger partial charge on any atom is 0.269 e. The quantitative estimate of drug-likeness (QED) is 0.441. The molecular formula is C14H21N3O2. The summed E-state index contributed by atoms with van der Waals surface area (Å²) >= 11 is 0. The zero-order chi connectivity index (χ0) is 13.7. The molecule has 5 heteroatoms. The molecule has 2 rings (SSSR count). The van der Waals surface area contributed by atoms with Gasteiger partial charge in [0.25, 0.3) is 5.69 Å². The minimum atomic E-state index is -0.365. The summed E-state index contributed by atoms with van der Waals surface area (Å²) in [4.78, 5) is 12.6. The average Bonchev–Trinajstić information content (AvgIpc) is 3.23. The maximum absolute atomic E-state index is 10.5. The van der Waals surface area contributed by atoms with Crippen molar-refractivity contribution in [3.63, 3.8) is 0 Å². The molecule has 0 aliphatic heterocycles. The van der Waals surface area contributed by atoms with Crippen LogP contribution in [-0.4, -0.2) is 42.5 Å². The Kier molecular flexibility index (Phi) is 4.87. The molecule has 0 saturated heterocycles. The van der Waals surface area contributed by atoms with E-state index in [9.17, 15) is 10.1 Å². The van der Waals surface area contributed by atoms with Gasteiger partial charge in [-0.1, -0.05) is 12.1 Å². The Morgan fingerprint density at radius 3 is 2.58 bits per heavy atom. The molecule has 1 aliphatic rings. The van der Waals surface area contributed by atoms with Gasteiger partial charge in [-0.2, -0.15) is 0 Å². The zero-order valence-corrected chi connectivity index (χ0v) is 11.3. The van der Waals surface area contributed by atoms with Crippen LogP contribution < -0.4 is 5.32 Å². The first-order chi connectivity index (χ1) is 9.16. The molecule has 104 valence electrons.